The second kappa shape index (κ2) is 6.76. The lowest BCUT2D eigenvalue weighted by Crippen LogP contribution is -2.49. The SMILES string of the molecule is CCn1nccc1C(=O)N1CCN(c2nc3ccc(Br)cc3s2)CC1. The van der Waals surface area contributed by atoms with Gasteiger partial charge in [-0.05, 0) is 31.2 Å². The van der Waals surface area contributed by atoms with Crippen molar-refractivity contribution < 1.29 is 4.79 Å². The van der Waals surface area contributed by atoms with Crippen LogP contribution >= 0.6 is 27.3 Å². The van der Waals surface area contributed by atoms with Crippen molar-refractivity contribution in [2.24, 2.45) is 0 Å². The molecule has 1 aromatic carbocycles. The Labute approximate surface area is 158 Å². The highest BCUT2D eigenvalue weighted by molar-refractivity contribution is 9.10. The van der Waals surface area contributed by atoms with Crippen LogP contribution < -0.4 is 4.90 Å². The smallest absolute Gasteiger partial charge is 0.272 e. The van der Waals surface area contributed by atoms with E-state index in [1.807, 2.05) is 24.0 Å². The van der Waals surface area contributed by atoms with Gasteiger partial charge in [0.05, 0.1) is 10.2 Å². The summed E-state index contributed by atoms with van der Waals surface area (Å²) in [7, 11) is 0. The first-order chi connectivity index (χ1) is 12.2. The van der Waals surface area contributed by atoms with E-state index >= 15 is 0 Å². The zero-order valence-electron chi connectivity index (χ0n) is 13.9. The summed E-state index contributed by atoms with van der Waals surface area (Å²) in [6.45, 7) is 5.70. The van der Waals surface area contributed by atoms with E-state index in [9.17, 15) is 4.79 Å². The number of hydrogen-bond donors (Lipinski definition) is 0. The van der Waals surface area contributed by atoms with Crippen molar-refractivity contribution in [1.82, 2.24) is 19.7 Å². The number of aromatic nitrogens is 3. The topological polar surface area (TPSA) is 54.3 Å². The van der Waals surface area contributed by atoms with Gasteiger partial charge in [-0.2, -0.15) is 5.10 Å². The normalized spacial score (nSPS) is 15.1. The number of nitrogens with zero attached hydrogens (tertiary/aromatic N) is 5. The van der Waals surface area contributed by atoms with E-state index in [1.165, 1.54) is 4.70 Å². The molecular formula is C17H18BrN5OS. The van der Waals surface area contributed by atoms with Crippen molar-refractivity contribution in [1.29, 1.82) is 0 Å². The summed E-state index contributed by atoms with van der Waals surface area (Å²) >= 11 is 5.20. The molecule has 3 heterocycles. The van der Waals surface area contributed by atoms with Crippen molar-refractivity contribution in [3.8, 4) is 0 Å². The average Bonchev–Trinajstić information content (AvgIpc) is 3.27. The number of anilines is 1. The minimum Gasteiger partial charge on any atom is -0.345 e. The zero-order valence-corrected chi connectivity index (χ0v) is 16.3. The van der Waals surface area contributed by atoms with Crippen molar-refractivity contribution in [2.45, 2.75) is 13.5 Å². The molecule has 8 heteroatoms. The molecule has 6 nitrogen and oxygen atoms in total. The minimum atomic E-state index is 0.0623. The van der Waals surface area contributed by atoms with E-state index in [-0.39, 0.29) is 5.91 Å². The van der Waals surface area contributed by atoms with Gasteiger partial charge >= 0.3 is 0 Å². The lowest BCUT2D eigenvalue weighted by Gasteiger charge is -2.34. The van der Waals surface area contributed by atoms with Crippen molar-refractivity contribution in [3.05, 3.63) is 40.6 Å². The lowest BCUT2D eigenvalue weighted by molar-refractivity contribution is 0.0734. The number of carbonyl (C=O) groups excluding carboxylic acids is 1. The van der Waals surface area contributed by atoms with Gasteiger partial charge in [0.15, 0.2) is 5.13 Å². The Morgan fingerprint density at radius 3 is 2.80 bits per heavy atom. The number of fused-ring (bicyclic) bond motifs is 1. The summed E-state index contributed by atoms with van der Waals surface area (Å²) in [6, 6.07) is 7.94. The largest absolute Gasteiger partial charge is 0.345 e. The molecule has 1 aliphatic rings. The molecule has 2 aromatic heterocycles. The Morgan fingerprint density at radius 1 is 1.24 bits per heavy atom. The van der Waals surface area contributed by atoms with Crippen LogP contribution in [0.3, 0.4) is 0 Å². The number of benzene rings is 1. The fraction of sp³-hybridized carbons (Fsp3) is 0.353. The molecular weight excluding hydrogens is 402 g/mol. The molecule has 3 aromatic rings. The average molecular weight is 420 g/mol. The van der Waals surface area contributed by atoms with Crippen LogP contribution in [0, 0.1) is 0 Å². The molecule has 1 fully saturated rings. The standard InChI is InChI=1S/C17H18BrN5OS/c1-2-23-14(5-6-19-23)16(24)21-7-9-22(10-8-21)17-20-13-4-3-12(18)11-15(13)25-17/h3-6,11H,2,7-10H2,1H3. The summed E-state index contributed by atoms with van der Waals surface area (Å²) in [5.41, 5.74) is 1.69. The third-order valence-corrected chi connectivity index (χ3v) is 5.98. The Balaban J connectivity index is 1.46. The van der Waals surface area contributed by atoms with Gasteiger partial charge < -0.3 is 9.80 Å². The third-order valence-electron chi connectivity index (χ3n) is 4.41. The highest BCUT2D eigenvalue weighted by atomic mass is 79.9. The number of rotatable bonds is 3. The molecule has 25 heavy (non-hydrogen) atoms. The van der Waals surface area contributed by atoms with Gasteiger partial charge in [-0.15, -0.1) is 0 Å². The molecule has 0 aliphatic carbocycles. The lowest BCUT2D eigenvalue weighted by atomic mass is 10.3. The summed E-state index contributed by atoms with van der Waals surface area (Å²) < 4.78 is 3.99. The molecule has 1 saturated heterocycles. The predicted octanol–water partition coefficient (Wildman–Crippen LogP) is 3.24. The molecule has 1 amide bonds. The summed E-state index contributed by atoms with van der Waals surface area (Å²) in [5, 5.41) is 5.22. The van der Waals surface area contributed by atoms with Gasteiger partial charge in [-0.1, -0.05) is 27.3 Å². The van der Waals surface area contributed by atoms with E-state index in [4.69, 9.17) is 4.98 Å². The number of piperazine rings is 1. The molecule has 0 unspecified atom stereocenters. The first-order valence-electron chi connectivity index (χ1n) is 8.28. The minimum absolute atomic E-state index is 0.0623. The van der Waals surface area contributed by atoms with Gasteiger partial charge in [-0.25, -0.2) is 4.98 Å². The van der Waals surface area contributed by atoms with E-state index < -0.39 is 0 Å². The molecule has 0 atom stereocenters. The number of halogens is 1. The van der Waals surface area contributed by atoms with Crippen LogP contribution in [0.25, 0.3) is 10.2 Å². The Kier molecular flexibility index (Phi) is 4.47. The molecule has 0 bridgehead atoms. The van der Waals surface area contributed by atoms with Gasteiger partial charge in [-0.3, -0.25) is 9.48 Å². The third kappa shape index (κ3) is 3.16. The number of amides is 1. The molecule has 130 valence electrons. The summed E-state index contributed by atoms with van der Waals surface area (Å²) in [4.78, 5) is 21.6. The van der Waals surface area contributed by atoms with Gasteiger partial charge in [0.1, 0.15) is 5.69 Å². The van der Waals surface area contributed by atoms with Crippen LogP contribution in [0.4, 0.5) is 5.13 Å². The van der Waals surface area contributed by atoms with Crippen LogP contribution in [0.1, 0.15) is 17.4 Å². The van der Waals surface area contributed by atoms with Crippen molar-refractivity contribution in [2.75, 3.05) is 31.1 Å². The fourth-order valence-electron chi connectivity index (χ4n) is 3.05. The first-order valence-corrected chi connectivity index (χ1v) is 9.89. The Hall–Kier alpha value is -1.93. The molecule has 0 radical (unpaired) electrons. The monoisotopic (exact) mass is 419 g/mol. The maximum Gasteiger partial charge on any atom is 0.272 e. The van der Waals surface area contributed by atoms with E-state index in [0.717, 1.165) is 28.2 Å². The maximum atomic E-state index is 12.7. The second-order valence-corrected chi connectivity index (χ2v) is 7.84. The molecule has 0 spiro atoms. The Morgan fingerprint density at radius 2 is 2.04 bits per heavy atom. The van der Waals surface area contributed by atoms with Crippen LogP contribution in [0.15, 0.2) is 34.9 Å². The van der Waals surface area contributed by atoms with E-state index in [0.29, 0.717) is 25.3 Å². The van der Waals surface area contributed by atoms with E-state index in [2.05, 4.69) is 32.0 Å². The maximum absolute atomic E-state index is 12.7. The number of thiazole rings is 1. The summed E-state index contributed by atoms with van der Waals surface area (Å²) in [5.74, 6) is 0.0623. The highest BCUT2D eigenvalue weighted by Gasteiger charge is 2.25. The van der Waals surface area contributed by atoms with Crippen molar-refractivity contribution >= 4 is 48.5 Å². The number of carbonyl (C=O) groups is 1. The van der Waals surface area contributed by atoms with Gasteiger partial charge in [0, 0.05) is 43.4 Å². The van der Waals surface area contributed by atoms with E-state index in [1.54, 1.807) is 28.3 Å². The zero-order chi connectivity index (χ0) is 17.4. The van der Waals surface area contributed by atoms with Crippen LogP contribution in [-0.2, 0) is 6.54 Å². The molecule has 0 saturated carbocycles. The Bertz CT molecular complexity index is 913. The quantitative estimate of drug-likeness (QED) is 0.653. The summed E-state index contributed by atoms with van der Waals surface area (Å²) in [6.07, 6.45) is 1.69. The molecule has 0 N–H and O–H groups in total. The molecule has 1 aliphatic heterocycles. The second-order valence-electron chi connectivity index (χ2n) is 5.92. The fourth-order valence-corrected chi connectivity index (χ4v) is 4.62. The van der Waals surface area contributed by atoms with Crippen LogP contribution in [0.2, 0.25) is 0 Å². The highest BCUT2D eigenvalue weighted by Crippen LogP contribution is 2.31. The first kappa shape index (κ1) is 16.5. The number of aryl methyl sites for hydroxylation is 1. The van der Waals surface area contributed by atoms with Crippen molar-refractivity contribution in [3.63, 3.8) is 0 Å². The predicted molar refractivity (Wildman–Crippen MR) is 103 cm³/mol. The van der Waals surface area contributed by atoms with Gasteiger partial charge in [0.2, 0.25) is 0 Å². The molecule has 4 rings (SSSR count). The van der Waals surface area contributed by atoms with Crippen LogP contribution in [0.5, 0.6) is 0 Å². The number of hydrogen-bond acceptors (Lipinski definition) is 5. The van der Waals surface area contributed by atoms with Gasteiger partial charge in [0.25, 0.3) is 5.91 Å². The van der Waals surface area contributed by atoms with Crippen LogP contribution in [-0.4, -0.2) is 51.8 Å².